The molecule has 0 saturated carbocycles. The molecule has 8 heteroatoms. The minimum Gasteiger partial charge on any atom is -0.467 e. The molecule has 1 aromatic carbocycles. The molecule has 0 aliphatic rings. The lowest BCUT2D eigenvalue weighted by Crippen LogP contribution is -2.34. The van der Waals surface area contributed by atoms with E-state index in [2.05, 4.69) is 15.4 Å². The molecule has 0 aliphatic heterocycles. The minimum atomic E-state index is -4.78. The van der Waals surface area contributed by atoms with E-state index < -0.39 is 12.4 Å². The fourth-order valence-corrected chi connectivity index (χ4v) is 1.69. The lowest BCUT2D eigenvalue weighted by Gasteiger charge is -2.13. The molecular formula is C14H13F3N2O3. The smallest absolute Gasteiger partial charge is 0.467 e. The van der Waals surface area contributed by atoms with E-state index in [1.165, 1.54) is 24.5 Å². The normalized spacial score (nSPS) is 11.0. The van der Waals surface area contributed by atoms with Crippen LogP contribution in [0, 0.1) is 0 Å². The van der Waals surface area contributed by atoms with Crippen molar-refractivity contribution in [2.45, 2.75) is 19.5 Å². The topological polar surface area (TPSA) is 63.5 Å². The van der Waals surface area contributed by atoms with Crippen molar-refractivity contribution in [3.63, 3.8) is 0 Å². The van der Waals surface area contributed by atoms with E-state index in [0.717, 1.165) is 0 Å². The van der Waals surface area contributed by atoms with Gasteiger partial charge >= 0.3 is 12.4 Å². The predicted octanol–water partition coefficient (Wildman–Crippen LogP) is 3.18. The Hall–Kier alpha value is -2.64. The molecule has 0 unspecified atom stereocenters. The fraction of sp³-hybridized carbons (Fsp3) is 0.214. The molecule has 0 spiro atoms. The van der Waals surface area contributed by atoms with E-state index in [-0.39, 0.29) is 24.4 Å². The summed E-state index contributed by atoms with van der Waals surface area (Å²) in [6, 6.07) is 8.44. The number of carbonyl (C=O) groups excluding carboxylic acids is 1. The van der Waals surface area contributed by atoms with E-state index in [0.29, 0.717) is 5.76 Å². The first-order valence-electron chi connectivity index (χ1n) is 6.32. The number of halogens is 3. The molecule has 0 radical (unpaired) electrons. The van der Waals surface area contributed by atoms with Gasteiger partial charge in [-0.25, -0.2) is 4.79 Å². The van der Waals surface area contributed by atoms with Crippen LogP contribution in [0.15, 0.2) is 47.1 Å². The van der Waals surface area contributed by atoms with Crippen LogP contribution in [-0.2, 0) is 13.1 Å². The quantitative estimate of drug-likeness (QED) is 0.891. The Kier molecular flexibility index (Phi) is 4.92. The maximum absolute atomic E-state index is 12.3. The number of hydrogen-bond donors (Lipinski definition) is 2. The summed E-state index contributed by atoms with van der Waals surface area (Å²) >= 11 is 0. The highest BCUT2D eigenvalue weighted by Gasteiger charge is 2.31. The lowest BCUT2D eigenvalue weighted by atomic mass is 10.2. The van der Waals surface area contributed by atoms with Crippen molar-refractivity contribution in [2.75, 3.05) is 0 Å². The van der Waals surface area contributed by atoms with Crippen LogP contribution in [0.3, 0.4) is 0 Å². The van der Waals surface area contributed by atoms with Gasteiger partial charge in [0.1, 0.15) is 11.5 Å². The number of furan rings is 1. The second-order valence-electron chi connectivity index (χ2n) is 4.27. The van der Waals surface area contributed by atoms with Crippen molar-refractivity contribution in [1.29, 1.82) is 0 Å². The van der Waals surface area contributed by atoms with E-state index in [4.69, 9.17) is 4.42 Å². The highest BCUT2D eigenvalue weighted by molar-refractivity contribution is 5.73. The fourth-order valence-electron chi connectivity index (χ4n) is 1.69. The van der Waals surface area contributed by atoms with Gasteiger partial charge in [-0.15, -0.1) is 13.2 Å². The average Bonchev–Trinajstić information content (AvgIpc) is 2.96. The zero-order valence-electron chi connectivity index (χ0n) is 11.3. The van der Waals surface area contributed by atoms with Gasteiger partial charge in [0.2, 0.25) is 0 Å². The van der Waals surface area contributed by atoms with Gasteiger partial charge < -0.3 is 19.8 Å². The van der Waals surface area contributed by atoms with Crippen LogP contribution in [0.5, 0.6) is 5.75 Å². The van der Waals surface area contributed by atoms with Gasteiger partial charge in [-0.1, -0.05) is 18.2 Å². The molecule has 0 fully saturated rings. The molecule has 0 aliphatic carbocycles. The van der Waals surface area contributed by atoms with Crippen LogP contribution in [0.4, 0.5) is 18.0 Å². The molecule has 0 atom stereocenters. The van der Waals surface area contributed by atoms with Gasteiger partial charge in [-0.05, 0) is 18.2 Å². The number of carbonyl (C=O) groups is 1. The van der Waals surface area contributed by atoms with Crippen molar-refractivity contribution >= 4 is 6.03 Å². The van der Waals surface area contributed by atoms with Gasteiger partial charge in [-0.2, -0.15) is 0 Å². The van der Waals surface area contributed by atoms with Gasteiger partial charge in [0.15, 0.2) is 0 Å². The number of alkyl halides is 3. The Morgan fingerprint density at radius 3 is 2.50 bits per heavy atom. The summed E-state index contributed by atoms with van der Waals surface area (Å²) in [7, 11) is 0. The first-order chi connectivity index (χ1) is 10.4. The summed E-state index contributed by atoms with van der Waals surface area (Å²) < 4.78 is 45.7. The minimum absolute atomic E-state index is 0.101. The Bertz CT molecular complexity index is 612. The van der Waals surface area contributed by atoms with Crippen molar-refractivity contribution in [1.82, 2.24) is 10.6 Å². The predicted molar refractivity (Wildman–Crippen MR) is 70.9 cm³/mol. The molecule has 2 N–H and O–H groups in total. The third kappa shape index (κ3) is 5.04. The number of nitrogens with one attached hydrogen (secondary N) is 2. The molecule has 2 amide bonds. The standard InChI is InChI=1S/C14H13F3N2O3/c15-14(16,17)22-12-6-2-1-4-10(12)8-18-13(20)19-9-11-5-3-7-21-11/h1-7H,8-9H2,(H2,18,19,20). The summed E-state index contributed by atoms with van der Waals surface area (Å²) in [6.45, 7) is 0.0791. The number of benzene rings is 1. The molecule has 0 bridgehead atoms. The third-order valence-corrected chi connectivity index (χ3v) is 2.64. The van der Waals surface area contributed by atoms with E-state index in [1.54, 1.807) is 18.2 Å². The van der Waals surface area contributed by atoms with E-state index in [1.807, 2.05) is 0 Å². The molecule has 1 aromatic heterocycles. The summed E-state index contributed by atoms with van der Waals surface area (Å²) in [5.74, 6) is 0.220. The Balaban J connectivity index is 1.87. The van der Waals surface area contributed by atoms with Gasteiger partial charge in [-0.3, -0.25) is 0 Å². The zero-order valence-corrected chi connectivity index (χ0v) is 11.3. The van der Waals surface area contributed by atoms with Crippen LogP contribution in [0.2, 0.25) is 0 Å². The highest BCUT2D eigenvalue weighted by Crippen LogP contribution is 2.25. The first kappa shape index (κ1) is 15.7. The molecule has 118 valence electrons. The van der Waals surface area contributed by atoms with Crippen molar-refractivity contribution in [3.8, 4) is 5.75 Å². The summed E-state index contributed by atoms with van der Waals surface area (Å²) in [6.07, 6.45) is -3.31. The second-order valence-corrected chi connectivity index (χ2v) is 4.27. The number of urea groups is 1. The van der Waals surface area contributed by atoms with E-state index >= 15 is 0 Å². The average molecular weight is 314 g/mol. The molecule has 2 rings (SSSR count). The van der Waals surface area contributed by atoms with Gasteiger partial charge in [0.25, 0.3) is 0 Å². The number of para-hydroxylation sites is 1. The lowest BCUT2D eigenvalue weighted by molar-refractivity contribution is -0.274. The summed E-state index contributed by atoms with van der Waals surface area (Å²) in [5.41, 5.74) is 0.216. The summed E-state index contributed by atoms with van der Waals surface area (Å²) in [4.78, 5) is 11.6. The van der Waals surface area contributed by atoms with Crippen LogP contribution in [0.1, 0.15) is 11.3 Å². The first-order valence-corrected chi connectivity index (χ1v) is 6.32. The number of amides is 2. The van der Waals surface area contributed by atoms with Crippen LogP contribution < -0.4 is 15.4 Å². The number of ether oxygens (including phenoxy) is 1. The van der Waals surface area contributed by atoms with Crippen molar-refractivity contribution in [2.24, 2.45) is 0 Å². The molecule has 1 heterocycles. The van der Waals surface area contributed by atoms with Crippen molar-refractivity contribution in [3.05, 3.63) is 54.0 Å². The maximum atomic E-state index is 12.3. The molecular weight excluding hydrogens is 301 g/mol. The highest BCUT2D eigenvalue weighted by atomic mass is 19.4. The Morgan fingerprint density at radius 1 is 1.09 bits per heavy atom. The largest absolute Gasteiger partial charge is 0.573 e. The van der Waals surface area contributed by atoms with Crippen LogP contribution >= 0.6 is 0 Å². The number of rotatable bonds is 5. The summed E-state index contributed by atoms with van der Waals surface area (Å²) in [5, 5.41) is 4.96. The SMILES string of the molecule is O=C(NCc1ccco1)NCc1ccccc1OC(F)(F)F. The molecule has 22 heavy (non-hydrogen) atoms. The molecule has 5 nitrogen and oxygen atoms in total. The zero-order chi connectivity index (χ0) is 16.0. The monoisotopic (exact) mass is 314 g/mol. The molecule has 2 aromatic rings. The van der Waals surface area contributed by atoms with E-state index in [9.17, 15) is 18.0 Å². The number of hydrogen-bond acceptors (Lipinski definition) is 3. The third-order valence-electron chi connectivity index (χ3n) is 2.64. The Morgan fingerprint density at radius 2 is 1.82 bits per heavy atom. The second kappa shape index (κ2) is 6.88. The van der Waals surface area contributed by atoms with Gasteiger partial charge in [0, 0.05) is 12.1 Å². The van der Waals surface area contributed by atoms with Crippen LogP contribution in [-0.4, -0.2) is 12.4 Å². The Labute approximate surface area is 124 Å². The van der Waals surface area contributed by atoms with Crippen LogP contribution in [0.25, 0.3) is 0 Å². The van der Waals surface area contributed by atoms with Crippen molar-refractivity contribution < 1.29 is 27.1 Å². The van der Waals surface area contributed by atoms with Gasteiger partial charge in [0.05, 0.1) is 12.8 Å². The maximum Gasteiger partial charge on any atom is 0.573 e. The molecule has 0 saturated heterocycles.